The van der Waals surface area contributed by atoms with Gasteiger partial charge in [-0.25, -0.2) is 9.37 Å². The molecule has 0 aliphatic carbocycles. The lowest BCUT2D eigenvalue weighted by Gasteiger charge is -2.12. The lowest BCUT2D eigenvalue weighted by atomic mass is 10.1. The predicted molar refractivity (Wildman–Crippen MR) is 145 cm³/mol. The maximum atomic E-state index is 13.2. The van der Waals surface area contributed by atoms with Crippen molar-refractivity contribution in [1.29, 1.82) is 0 Å². The molecule has 0 bridgehead atoms. The van der Waals surface area contributed by atoms with Crippen LogP contribution in [-0.2, 0) is 11.3 Å². The van der Waals surface area contributed by atoms with Gasteiger partial charge in [0.25, 0.3) is 5.56 Å². The van der Waals surface area contributed by atoms with Gasteiger partial charge in [-0.15, -0.1) is 11.3 Å². The molecular formula is C27H26FN3O4S2. The first kappa shape index (κ1) is 26.6. The van der Waals surface area contributed by atoms with Crippen LogP contribution < -0.4 is 15.6 Å². The smallest absolute Gasteiger partial charge is 0.272 e. The Balaban J connectivity index is 1.33. The first-order valence-electron chi connectivity index (χ1n) is 11.8. The first-order chi connectivity index (χ1) is 17.9. The molecular weight excluding hydrogens is 513 g/mol. The second kappa shape index (κ2) is 12.6. The number of thiophene rings is 1. The number of Topliss-reactive ketones (excluding diaryl/α,β-unsaturated/α-hetero) is 1. The van der Waals surface area contributed by atoms with Gasteiger partial charge in [-0.3, -0.25) is 19.0 Å². The third-order valence-electron chi connectivity index (χ3n) is 5.69. The van der Waals surface area contributed by atoms with Crippen molar-refractivity contribution in [3.63, 3.8) is 0 Å². The van der Waals surface area contributed by atoms with Crippen LogP contribution in [0.3, 0.4) is 0 Å². The van der Waals surface area contributed by atoms with Gasteiger partial charge in [0.2, 0.25) is 5.91 Å². The number of amides is 1. The number of unbranched alkanes of at least 4 members (excludes halogenated alkanes) is 2. The van der Waals surface area contributed by atoms with Gasteiger partial charge in [0.15, 0.2) is 10.9 Å². The molecule has 0 atom stereocenters. The van der Waals surface area contributed by atoms with Crippen molar-refractivity contribution in [2.45, 2.75) is 37.4 Å². The zero-order valence-electron chi connectivity index (χ0n) is 20.2. The monoisotopic (exact) mass is 539 g/mol. The number of ketones is 1. The maximum absolute atomic E-state index is 13.2. The Hall–Kier alpha value is -3.50. The number of carbonyl (C=O) groups is 2. The molecule has 0 radical (unpaired) electrons. The minimum absolute atomic E-state index is 0.0699. The van der Waals surface area contributed by atoms with Crippen molar-refractivity contribution >= 4 is 50.7 Å². The molecule has 10 heteroatoms. The van der Waals surface area contributed by atoms with E-state index < -0.39 is 5.82 Å². The van der Waals surface area contributed by atoms with E-state index in [2.05, 4.69) is 10.3 Å². The summed E-state index contributed by atoms with van der Waals surface area (Å²) in [4.78, 5) is 42.5. The zero-order chi connectivity index (χ0) is 26.2. The summed E-state index contributed by atoms with van der Waals surface area (Å²) in [7, 11) is 1.59. The van der Waals surface area contributed by atoms with Crippen LogP contribution in [0.5, 0.6) is 5.75 Å². The standard InChI is InChI=1S/C27H26FN3O4S2/c1-35-21-12-10-20(11-13-21)29-24(33)5-3-2-4-15-31-26(34)25-22(14-16-36-25)30-27(31)37-17-23(32)18-6-8-19(28)9-7-18/h6-14,16H,2-5,15,17H2,1H3,(H,29,33). The van der Waals surface area contributed by atoms with E-state index in [1.807, 2.05) is 5.38 Å². The second-order valence-corrected chi connectivity index (χ2v) is 10.2. The van der Waals surface area contributed by atoms with Gasteiger partial charge >= 0.3 is 0 Å². The van der Waals surface area contributed by atoms with Crippen LogP contribution in [0, 0.1) is 5.82 Å². The maximum Gasteiger partial charge on any atom is 0.272 e. The van der Waals surface area contributed by atoms with Crippen LogP contribution in [0.1, 0.15) is 36.0 Å². The summed E-state index contributed by atoms with van der Waals surface area (Å²) < 4.78 is 20.5. The van der Waals surface area contributed by atoms with Crippen LogP contribution in [0.4, 0.5) is 10.1 Å². The molecule has 0 saturated heterocycles. The Morgan fingerprint density at radius 1 is 1.05 bits per heavy atom. The van der Waals surface area contributed by atoms with Crippen molar-refractivity contribution in [1.82, 2.24) is 9.55 Å². The molecule has 0 spiro atoms. The number of thioether (sulfide) groups is 1. The molecule has 1 N–H and O–H groups in total. The normalized spacial score (nSPS) is 11.0. The lowest BCUT2D eigenvalue weighted by molar-refractivity contribution is -0.116. The Labute approximate surface area is 221 Å². The molecule has 0 aliphatic heterocycles. The number of hydrogen-bond donors (Lipinski definition) is 1. The fourth-order valence-corrected chi connectivity index (χ4v) is 5.41. The molecule has 2 aromatic carbocycles. The number of aromatic nitrogens is 2. The Kier molecular flexibility index (Phi) is 9.08. The second-order valence-electron chi connectivity index (χ2n) is 8.29. The van der Waals surface area contributed by atoms with Gasteiger partial charge in [-0.1, -0.05) is 18.2 Å². The van der Waals surface area contributed by atoms with E-state index in [1.54, 1.807) is 42.0 Å². The van der Waals surface area contributed by atoms with Gasteiger partial charge in [0, 0.05) is 24.2 Å². The molecule has 37 heavy (non-hydrogen) atoms. The summed E-state index contributed by atoms with van der Waals surface area (Å²) in [5, 5.41) is 5.16. The number of nitrogens with one attached hydrogen (secondary N) is 1. The van der Waals surface area contributed by atoms with Gasteiger partial charge in [-0.2, -0.15) is 0 Å². The molecule has 1 amide bonds. The SMILES string of the molecule is COc1ccc(NC(=O)CCCCCn2c(SCC(=O)c3ccc(F)cc3)nc3ccsc3c2=O)cc1. The van der Waals surface area contributed by atoms with Gasteiger partial charge in [0.1, 0.15) is 16.3 Å². The number of fused-ring (bicyclic) bond motifs is 1. The number of rotatable bonds is 12. The summed E-state index contributed by atoms with van der Waals surface area (Å²) in [6.45, 7) is 0.437. The van der Waals surface area contributed by atoms with Crippen LogP contribution in [0.2, 0.25) is 0 Å². The number of anilines is 1. The van der Waals surface area contributed by atoms with E-state index in [9.17, 15) is 18.8 Å². The number of hydrogen-bond acceptors (Lipinski definition) is 7. The van der Waals surface area contributed by atoms with Crippen LogP contribution in [0.15, 0.2) is 69.9 Å². The van der Waals surface area contributed by atoms with Gasteiger partial charge < -0.3 is 10.1 Å². The highest BCUT2D eigenvalue weighted by Crippen LogP contribution is 2.23. The fourth-order valence-electron chi connectivity index (χ4n) is 3.71. The average molecular weight is 540 g/mol. The number of nitrogens with zero attached hydrogens (tertiary/aromatic N) is 2. The molecule has 4 aromatic rings. The van der Waals surface area contributed by atoms with Crippen molar-refractivity contribution in [2.75, 3.05) is 18.2 Å². The van der Waals surface area contributed by atoms with Crippen molar-refractivity contribution in [3.8, 4) is 5.75 Å². The molecule has 0 unspecified atom stereocenters. The average Bonchev–Trinajstić information content (AvgIpc) is 3.38. The molecule has 7 nitrogen and oxygen atoms in total. The van der Waals surface area contributed by atoms with Crippen molar-refractivity contribution in [3.05, 3.63) is 81.7 Å². The molecule has 2 aromatic heterocycles. The van der Waals surface area contributed by atoms with Crippen LogP contribution in [0.25, 0.3) is 10.2 Å². The number of halogens is 1. The largest absolute Gasteiger partial charge is 0.497 e. The Morgan fingerprint density at radius 2 is 1.81 bits per heavy atom. The van der Waals surface area contributed by atoms with E-state index in [0.717, 1.165) is 12.2 Å². The molecule has 192 valence electrons. The van der Waals surface area contributed by atoms with E-state index in [-0.39, 0.29) is 23.0 Å². The summed E-state index contributed by atoms with van der Waals surface area (Å²) in [6, 6.07) is 14.3. The Bertz CT molecular complexity index is 1430. The Morgan fingerprint density at radius 3 is 2.54 bits per heavy atom. The quantitative estimate of drug-likeness (QED) is 0.106. The predicted octanol–water partition coefficient (Wildman–Crippen LogP) is 5.78. The fraction of sp³-hybridized carbons (Fsp3) is 0.259. The van der Waals surface area contributed by atoms with Gasteiger partial charge in [0.05, 0.1) is 18.4 Å². The molecule has 0 fully saturated rings. The summed E-state index contributed by atoms with van der Waals surface area (Å²) >= 11 is 2.54. The van der Waals surface area contributed by atoms with E-state index >= 15 is 0 Å². The van der Waals surface area contributed by atoms with E-state index in [0.29, 0.717) is 52.4 Å². The van der Waals surface area contributed by atoms with E-state index in [4.69, 9.17) is 4.74 Å². The zero-order valence-corrected chi connectivity index (χ0v) is 21.9. The number of benzene rings is 2. The molecule has 0 aliphatic rings. The summed E-state index contributed by atoms with van der Waals surface area (Å²) in [6.07, 6.45) is 2.49. The molecule has 4 rings (SSSR count). The van der Waals surface area contributed by atoms with Crippen LogP contribution in [-0.4, -0.2) is 34.1 Å². The van der Waals surface area contributed by atoms with E-state index in [1.165, 1.54) is 47.4 Å². The third kappa shape index (κ3) is 7.05. The van der Waals surface area contributed by atoms with Crippen molar-refractivity contribution < 1.29 is 18.7 Å². The topological polar surface area (TPSA) is 90.3 Å². The first-order valence-corrected chi connectivity index (χ1v) is 13.6. The minimum Gasteiger partial charge on any atom is -0.497 e. The van der Waals surface area contributed by atoms with Crippen LogP contribution >= 0.6 is 23.1 Å². The molecule has 2 heterocycles. The minimum atomic E-state index is -0.402. The van der Waals surface area contributed by atoms with Crippen molar-refractivity contribution in [2.24, 2.45) is 0 Å². The lowest BCUT2D eigenvalue weighted by Crippen LogP contribution is -2.23. The highest BCUT2D eigenvalue weighted by Gasteiger charge is 2.15. The van der Waals surface area contributed by atoms with Gasteiger partial charge in [-0.05, 0) is 72.8 Å². The number of ether oxygens (including phenoxy) is 1. The third-order valence-corrected chi connectivity index (χ3v) is 7.56. The highest BCUT2D eigenvalue weighted by atomic mass is 32.2. The summed E-state index contributed by atoms with van der Waals surface area (Å²) in [5.74, 6) is 0.166. The summed E-state index contributed by atoms with van der Waals surface area (Å²) in [5.41, 5.74) is 1.60. The number of carbonyl (C=O) groups excluding carboxylic acids is 2. The number of methoxy groups -OCH3 is 1. The molecule has 0 saturated carbocycles. The highest BCUT2D eigenvalue weighted by molar-refractivity contribution is 7.99.